The number of benzene rings is 1. The summed E-state index contributed by atoms with van der Waals surface area (Å²) in [6, 6.07) is 7.50. The highest BCUT2D eigenvalue weighted by atomic mass is 32.1. The van der Waals surface area contributed by atoms with Crippen molar-refractivity contribution < 1.29 is 9.53 Å². The van der Waals surface area contributed by atoms with Gasteiger partial charge in [-0.15, -0.1) is 10.2 Å². The Hall–Kier alpha value is -2.59. The number of anilines is 1. The Labute approximate surface area is 178 Å². The molecule has 0 aliphatic carbocycles. The standard InChI is InChI=1S/C19H24N6O2S2/c1-3-5-6-7-16-21-23-18(29-16)20-15(26)12-25-17(22-24-19(25)28)13-8-10-14(11-9-13)27-4-2/h8-11H,3-7,12H2,1-2H3,(H,24,28)(H,20,23,26). The Morgan fingerprint density at radius 3 is 2.76 bits per heavy atom. The molecule has 0 saturated carbocycles. The van der Waals surface area contributed by atoms with Gasteiger partial charge in [-0.25, -0.2) is 0 Å². The van der Waals surface area contributed by atoms with Crippen LogP contribution in [0.5, 0.6) is 5.75 Å². The molecule has 0 aliphatic heterocycles. The lowest BCUT2D eigenvalue weighted by atomic mass is 10.2. The van der Waals surface area contributed by atoms with Crippen LogP contribution >= 0.6 is 23.6 Å². The van der Waals surface area contributed by atoms with E-state index in [2.05, 4.69) is 32.6 Å². The van der Waals surface area contributed by atoms with E-state index < -0.39 is 0 Å². The SMILES string of the molecule is CCCCCc1nnc(NC(=O)Cn2c(-c3ccc(OCC)cc3)n[nH]c2=S)s1. The van der Waals surface area contributed by atoms with Crippen molar-refractivity contribution in [3.05, 3.63) is 34.0 Å². The molecular formula is C19H24N6O2S2. The first-order valence-electron chi connectivity index (χ1n) is 9.61. The van der Waals surface area contributed by atoms with Crippen LogP contribution in [0, 0.1) is 4.77 Å². The Kier molecular flexibility index (Phi) is 7.48. The molecule has 0 fully saturated rings. The van der Waals surface area contributed by atoms with Crippen LogP contribution in [0.25, 0.3) is 11.4 Å². The van der Waals surface area contributed by atoms with Crippen molar-refractivity contribution in [2.24, 2.45) is 0 Å². The molecular weight excluding hydrogens is 408 g/mol. The average Bonchev–Trinajstić information content (AvgIpc) is 3.30. The maximum Gasteiger partial charge on any atom is 0.246 e. The number of aromatic nitrogens is 5. The van der Waals surface area contributed by atoms with Gasteiger partial charge in [0.2, 0.25) is 11.0 Å². The summed E-state index contributed by atoms with van der Waals surface area (Å²) in [5.41, 5.74) is 0.836. The summed E-state index contributed by atoms with van der Waals surface area (Å²) in [6.45, 7) is 4.73. The predicted octanol–water partition coefficient (Wildman–Crippen LogP) is 4.23. The number of nitrogens with zero attached hydrogens (tertiary/aromatic N) is 4. The van der Waals surface area contributed by atoms with Gasteiger partial charge in [-0.05, 0) is 49.8 Å². The second kappa shape index (κ2) is 10.3. The van der Waals surface area contributed by atoms with Gasteiger partial charge in [-0.2, -0.15) is 5.10 Å². The van der Waals surface area contributed by atoms with E-state index in [-0.39, 0.29) is 12.5 Å². The van der Waals surface area contributed by atoms with Crippen LogP contribution in [0.4, 0.5) is 5.13 Å². The van der Waals surface area contributed by atoms with Crippen LogP contribution in [0.2, 0.25) is 0 Å². The number of carbonyl (C=O) groups is 1. The van der Waals surface area contributed by atoms with Crippen LogP contribution in [-0.2, 0) is 17.8 Å². The van der Waals surface area contributed by atoms with Gasteiger partial charge in [-0.3, -0.25) is 19.8 Å². The van der Waals surface area contributed by atoms with Gasteiger partial charge in [0.05, 0.1) is 6.61 Å². The summed E-state index contributed by atoms with van der Waals surface area (Å²) in [4.78, 5) is 12.5. The largest absolute Gasteiger partial charge is 0.494 e. The first kappa shape index (κ1) is 21.1. The Morgan fingerprint density at radius 1 is 1.24 bits per heavy atom. The van der Waals surface area contributed by atoms with Crippen LogP contribution < -0.4 is 10.1 Å². The molecule has 8 nitrogen and oxygen atoms in total. The number of rotatable bonds is 10. The third-order valence-electron chi connectivity index (χ3n) is 4.19. The zero-order valence-corrected chi connectivity index (χ0v) is 18.1. The molecule has 0 spiro atoms. The second-order valence-electron chi connectivity index (χ2n) is 6.40. The minimum Gasteiger partial charge on any atom is -0.494 e. The number of aryl methyl sites for hydroxylation is 1. The number of aromatic amines is 1. The minimum atomic E-state index is -0.231. The van der Waals surface area contributed by atoms with Crippen molar-refractivity contribution in [2.75, 3.05) is 11.9 Å². The first-order chi connectivity index (χ1) is 14.1. The molecule has 3 aromatic rings. The number of hydrogen-bond acceptors (Lipinski definition) is 7. The van der Waals surface area contributed by atoms with E-state index >= 15 is 0 Å². The lowest BCUT2D eigenvalue weighted by Gasteiger charge is -2.07. The molecule has 2 N–H and O–H groups in total. The van der Waals surface area contributed by atoms with Crippen molar-refractivity contribution in [2.45, 2.75) is 46.1 Å². The normalized spacial score (nSPS) is 10.8. The van der Waals surface area contributed by atoms with E-state index in [1.807, 2.05) is 31.2 Å². The minimum absolute atomic E-state index is 0.0304. The molecule has 0 unspecified atom stereocenters. The van der Waals surface area contributed by atoms with Crippen LogP contribution in [0.3, 0.4) is 0 Å². The molecule has 1 amide bonds. The lowest BCUT2D eigenvalue weighted by Crippen LogP contribution is -2.19. The molecule has 2 aromatic heterocycles. The van der Waals surface area contributed by atoms with Gasteiger partial charge in [0.15, 0.2) is 10.6 Å². The van der Waals surface area contributed by atoms with Crippen molar-refractivity contribution in [1.82, 2.24) is 25.0 Å². The second-order valence-corrected chi connectivity index (χ2v) is 7.85. The fourth-order valence-corrected chi connectivity index (χ4v) is 3.78. The molecule has 3 rings (SSSR count). The fourth-order valence-electron chi connectivity index (χ4n) is 2.79. The molecule has 1 aromatic carbocycles. The molecule has 0 atom stereocenters. The van der Waals surface area contributed by atoms with Gasteiger partial charge in [0, 0.05) is 12.0 Å². The van der Waals surface area contributed by atoms with Crippen LogP contribution in [0.15, 0.2) is 24.3 Å². The summed E-state index contributed by atoms with van der Waals surface area (Å²) in [5.74, 6) is 1.14. The number of ether oxygens (including phenoxy) is 1. The van der Waals surface area contributed by atoms with E-state index in [0.717, 1.165) is 42.0 Å². The monoisotopic (exact) mass is 432 g/mol. The van der Waals surface area contributed by atoms with Crippen molar-refractivity contribution in [3.63, 3.8) is 0 Å². The fraction of sp³-hybridized carbons (Fsp3) is 0.421. The summed E-state index contributed by atoms with van der Waals surface area (Å²) in [6.07, 6.45) is 4.28. The van der Waals surface area contributed by atoms with Crippen molar-refractivity contribution >= 4 is 34.6 Å². The molecule has 10 heteroatoms. The van der Waals surface area contributed by atoms with Gasteiger partial charge in [-0.1, -0.05) is 31.1 Å². The van der Waals surface area contributed by atoms with Crippen molar-refractivity contribution in [1.29, 1.82) is 0 Å². The van der Waals surface area contributed by atoms with Gasteiger partial charge in [0.1, 0.15) is 17.3 Å². The lowest BCUT2D eigenvalue weighted by molar-refractivity contribution is -0.116. The van der Waals surface area contributed by atoms with E-state index in [0.29, 0.717) is 22.3 Å². The molecule has 0 bridgehead atoms. The molecule has 29 heavy (non-hydrogen) atoms. The molecule has 0 radical (unpaired) electrons. The van der Waals surface area contributed by atoms with E-state index in [1.54, 1.807) is 4.57 Å². The first-order valence-corrected chi connectivity index (χ1v) is 10.8. The predicted molar refractivity (Wildman–Crippen MR) is 116 cm³/mol. The summed E-state index contributed by atoms with van der Waals surface area (Å²) < 4.78 is 7.50. The summed E-state index contributed by atoms with van der Waals surface area (Å²) in [7, 11) is 0. The third kappa shape index (κ3) is 5.70. The van der Waals surface area contributed by atoms with Gasteiger partial charge in [0.25, 0.3) is 0 Å². The maximum atomic E-state index is 12.5. The van der Waals surface area contributed by atoms with Crippen LogP contribution in [0.1, 0.15) is 38.1 Å². The van der Waals surface area contributed by atoms with E-state index in [9.17, 15) is 4.79 Å². The topological polar surface area (TPSA) is 97.7 Å². The summed E-state index contributed by atoms with van der Waals surface area (Å²) >= 11 is 6.71. The number of H-pyrrole nitrogens is 1. The zero-order valence-electron chi connectivity index (χ0n) is 16.5. The third-order valence-corrected chi connectivity index (χ3v) is 5.40. The highest BCUT2D eigenvalue weighted by Crippen LogP contribution is 2.22. The number of unbranched alkanes of at least 4 members (excludes halogenated alkanes) is 2. The molecule has 154 valence electrons. The molecule has 0 aliphatic rings. The highest BCUT2D eigenvalue weighted by molar-refractivity contribution is 7.71. The smallest absolute Gasteiger partial charge is 0.246 e. The number of amides is 1. The van der Waals surface area contributed by atoms with E-state index in [4.69, 9.17) is 17.0 Å². The van der Waals surface area contributed by atoms with Crippen molar-refractivity contribution in [3.8, 4) is 17.1 Å². The Morgan fingerprint density at radius 2 is 2.03 bits per heavy atom. The zero-order chi connectivity index (χ0) is 20.6. The quantitative estimate of drug-likeness (QED) is 0.367. The summed E-state index contributed by atoms with van der Waals surface area (Å²) in [5, 5.41) is 19.5. The Bertz CT molecular complexity index is 993. The molecule has 0 saturated heterocycles. The Balaban J connectivity index is 1.66. The number of hydrogen-bond donors (Lipinski definition) is 2. The number of carbonyl (C=O) groups excluding carboxylic acids is 1. The van der Waals surface area contributed by atoms with Crippen LogP contribution in [-0.4, -0.2) is 37.5 Å². The van der Waals surface area contributed by atoms with Gasteiger partial charge >= 0.3 is 0 Å². The highest BCUT2D eigenvalue weighted by Gasteiger charge is 2.14. The molecule has 2 heterocycles. The van der Waals surface area contributed by atoms with E-state index in [1.165, 1.54) is 11.3 Å². The average molecular weight is 433 g/mol. The number of nitrogens with one attached hydrogen (secondary N) is 2. The maximum absolute atomic E-state index is 12.5. The van der Waals surface area contributed by atoms with Gasteiger partial charge < -0.3 is 4.74 Å².